The Hall–Kier alpha value is 0.01000. The molecular weight excluding hydrogens is 210 g/mol. The van der Waals surface area contributed by atoms with Gasteiger partial charge in [-0.05, 0) is 25.5 Å². The third-order valence-electron chi connectivity index (χ3n) is 2.26. The molecule has 0 amide bonds. The molecule has 0 aliphatic heterocycles. The molecular formula is C11H19NS2. The zero-order chi connectivity index (χ0) is 10.6. The van der Waals surface area contributed by atoms with Crippen LogP contribution in [0.4, 0.5) is 0 Å². The summed E-state index contributed by atoms with van der Waals surface area (Å²) in [7, 11) is 0. The first kappa shape index (κ1) is 12.1. The predicted octanol–water partition coefficient (Wildman–Crippen LogP) is 3.59. The van der Waals surface area contributed by atoms with E-state index in [0.717, 1.165) is 11.0 Å². The van der Waals surface area contributed by atoms with Crippen molar-refractivity contribution >= 4 is 23.1 Å². The van der Waals surface area contributed by atoms with E-state index in [1.807, 2.05) is 23.1 Å². The maximum Gasteiger partial charge on any atom is 0.0481 e. The smallest absolute Gasteiger partial charge is 0.0481 e. The Bertz CT molecular complexity index is 270. The number of hydrogen-bond acceptors (Lipinski definition) is 3. The Morgan fingerprint density at radius 1 is 1.50 bits per heavy atom. The molecule has 0 aliphatic carbocycles. The summed E-state index contributed by atoms with van der Waals surface area (Å²) < 4.78 is 0. The van der Waals surface area contributed by atoms with Gasteiger partial charge < -0.3 is 5.73 Å². The highest BCUT2D eigenvalue weighted by Crippen LogP contribution is 2.25. The lowest BCUT2D eigenvalue weighted by molar-refractivity contribution is 0.838. The van der Waals surface area contributed by atoms with Crippen LogP contribution >= 0.6 is 23.1 Å². The molecule has 0 saturated heterocycles. The van der Waals surface area contributed by atoms with Crippen LogP contribution in [0.15, 0.2) is 12.1 Å². The number of rotatable bonds is 5. The first-order chi connectivity index (χ1) is 6.63. The first-order valence-electron chi connectivity index (χ1n) is 5.07. The molecule has 1 rings (SSSR count). The quantitative estimate of drug-likeness (QED) is 0.835. The molecule has 1 heterocycles. The number of nitrogens with two attached hydrogens (primary N) is 1. The first-order valence-corrected chi connectivity index (χ1v) is 6.93. The molecule has 0 aliphatic rings. The molecule has 0 radical (unpaired) electrons. The van der Waals surface area contributed by atoms with Crippen LogP contribution in [-0.2, 0) is 0 Å². The van der Waals surface area contributed by atoms with Gasteiger partial charge in [0.1, 0.15) is 0 Å². The Balaban J connectivity index is 2.39. The molecule has 80 valence electrons. The van der Waals surface area contributed by atoms with Gasteiger partial charge in [0.15, 0.2) is 0 Å². The van der Waals surface area contributed by atoms with Gasteiger partial charge in [0.25, 0.3) is 0 Å². The van der Waals surface area contributed by atoms with Crippen molar-refractivity contribution in [2.45, 2.75) is 38.5 Å². The zero-order valence-electron chi connectivity index (χ0n) is 9.12. The summed E-state index contributed by atoms with van der Waals surface area (Å²) in [5.41, 5.74) is 6.10. The lowest BCUT2D eigenvalue weighted by Crippen LogP contribution is -2.13. The molecule has 0 fully saturated rings. The molecule has 14 heavy (non-hydrogen) atoms. The van der Waals surface area contributed by atoms with E-state index in [1.165, 1.54) is 16.2 Å². The Labute approximate surface area is 95.1 Å². The van der Waals surface area contributed by atoms with Crippen LogP contribution in [0.5, 0.6) is 0 Å². The lowest BCUT2D eigenvalue weighted by Gasteiger charge is -2.12. The van der Waals surface area contributed by atoms with Crippen molar-refractivity contribution in [1.29, 1.82) is 0 Å². The molecule has 2 unspecified atom stereocenters. The van der Waals surface area contributed by atoms with Crippen molar-refractivity contribution in [1.82, 2.24) is 0 Å². The van der Waals surface area contributed by atoms with E-state index in [-0.39, 0.29) is 6.04 Å². The van der Waals surface area contributed by atoms with Crippen molar-refractivity contribution in [3.8, 4) is 0 Å². The molecule has 1 aromatic rings. The van der Waals surface area contributed by atoms with E-state index >= 15 is 0 Å². The summed E-state index contributed by atoms with van der Waals surface area (Å²) in [5.74, 6) is 1.04. The highest BCUT2D eigenvalue weighted by molar-refractivity contribution is 7.99. The van der Waals surface area contributed by atoms with Crippen molar-refractivity contribution < 1.29 is 0 Å². The van der Waals surface area contributed by atoms with Crippen LogP contribution in [0.2, 0.25) is 0 Å². The van der Waals surface area contributed by atoms with Gasteiger partial charge in [-0.1, -0.05) is 13.8 Å². The van der Waals surface area contributed by atoms with Crippen LogP contribution in [0, 0.1) is 6.92 Å². The second-order valence-corrected chi connectivity index (χ2v) is 6.40. The monoisotopic (exact) mass is 229 g/mol. The average Bonchev–Trinajstić information content (AvgIpc) is 2.60. The van der Waals surface area contributed by atoms with E-state index < -0.39 is 0 Å². The van der Waals surface area contributed by atoms with Crippen LogP contribution in [-0.4, -0.2) is 11.0 Å². The Morgan fingerprint density at radius 2 is 2.21 bits per heavy atom. The molecule has 2 atom stereocenters. The number of aryl methyl sites for hydroxylation is 1. The zero-order valence-corrected chi connectivity index (χ0v) is 10.8. The van der Waals surface area contributed by atoms with Gasteiger partial charge >= 0.3 is 0 Å². The summed E-state index contributed by atoms with van der Waals surface area (Å²) in [4.78, 5) is 2.67. The van der Waals surface area contributed by atoms with E-state index in [0.29, 0.717) is 0 Å². The van der Waals surface area contributed by atoms with Crippen LogP contribution in [0.1, 0.15) is 36.1 Å². The van der Waals surface area contributed by atoms with E-state index in [1.54, 1.807) is 0 Å². The fraction of sp³-hybridized carbons (Fsp3) is 0.636. The maximum absolute atomic E-state index is 6.10. The summed E-state index contributed by atoms with van der Waals surface area (Å²) in [5, 5.41) is 0.724. The fourth-order valence-corrected chi connectivity index (χ4v) is 3.06. The van der Waals surface area contributed by atoms with Gasteiger partial charge in [-0.25, -0.2) is 0 Å². The third kappa shape index (κ3) is 3.64. The van der Waals surface area contributed by atoms with E-state index in [9.17, 15) is 0 Å². The van der Waals surface area contributed by atoms with Gasteiger partial charge in [-0.3, -0.25) is 0 Å². The fourth-order valence-electron chi connectivity index (χ4n) is 1.12. The highest BCUT2D eigenvalue weighted by atomic mass is 32.2. The third-order valence-corrected chi connectivity index (χ3v) is 4.85. The van der Waals surface area contributed by atoms with Gasteiger partial charge in [0.05, 0.1) is 0 Å². The summed E-state index contributed by atoms with van der Waals surface area (Å²) in [6.45, 7) is 6.61. The van der Waals surface area contributed by atoms with Crippen LogP contribution < -0.4 is 5.73 Å². The number of thioether (sulfide) groups is 1. The van der Waals surface area contributed by atoms with E-state index in [2.05, 4.69) is 32.9 Å². The molecule has 2 N–H and O–H groups in total. The molecule has 0 spiro atoms. The molecule has 0 bridgehead atoms. The minimum Gasteiger partial charge on any atom is -0.323 e. The highest BCUT2D eigenvalue weighted by Gasteiger charge is 2.09. The predicted molar refractivity (Wildman–Crippen MR) is 68.2 cm³/mol. The van der Waals surface area contributed by atoms with Crippen LogP contribution in [0.3, 0.4) is 0 Å². The molecule has 0 aromatic carbocycles. The van der Waals surface area contributed by atoms with Gasteiger partial charge in [-0.2, -0.15) is 11.8 Å². The summed E-state index contributed by atoms with van der Waals surface area (Å²) >= 11 is 3.79. The minimum atomic E-state index is 0.215. The average molecular weight is 229 g/mol. The molecule has 3 heteroatoms. The summed E-state index contributed by atoms with van der Waals surface area (Å²) in [6.07, 6.45) is 1.22. The minimum absolute atomic E-state index is 0.215. The topological polar surface area (TPSA) is 26.0 Å². The van der Waals surface area contributed by atoms with Gasteiger partial charge in [0.2, 0.25) is 0 Å². The van der Waals surface area contributed by atoms with Crippen LogP contribution in [0.25, 0.3) is 0 Å². The standard InChI is InChI=1S/C11H19NS2/c1-4-8(2)13-7-10(12)11-6-5-9(3)14-11/h5-6,8,10H,4,7,12H2,1-3H3. The lowest BCUT2D eigenvalue weighted by atomic mass is 10.3. The molecule has 1 aromatic heterocycles. The maximum atomic E-state index is 6.10. The van der Waals surface area contributed by atoms with Gasteiger partial charge in [-0.15, -0.1) is 11.3 Å². The largest absolute Gasteiger partial charge is 0.323 e. The number of thiophene rings is 1. The second kappa shape index (κ2) is 5.79. The molecule has 1 nitrogen and oxygen atoms in total. The number of hydrogen-bond donors (Lipinski definition) is 1. The second-order valence-electron chi connectivity index (χ2n) is 3.61. The Morgan fingerprint density at radius 3 is 2.71 bits per heavy atom. The van der Waals surface area contributed by atoms with Crippen molar-refractivity contribution in [2.24, 2.45) is 5.73 Å². The van der Waals surface area contributed by atoms with Crippen molar-refractivity contribution in [3.05, 3.63) is 21.9 Å². The van der Waals surface area contributed by atoms with Crippen molar-refractivity contribution in [3.63, 3.8) is 0 Å². The molecule has 0 saturated carbocycles. The normalized spacial score (nSPS) is 15.4. The van der Waals surface area contributed by atoms with Gasteiger partial charge in [0, 0.05) is 26.8 Å². The SMILES string of the molecule is CCC(C)SCC(N)c1ccc(C)s1. The summed E-state index contributed by atoms with van der Waals surface area (Å²) in [6, 6.07) is 4.52. The van der Waals surface area contributed by atoms with Crippen molar-refractivity contribution in [2.75, 3.05) is 5.75 Å². The Kier molecular flexibility index (Phi) is 4.99. The van der Waals surface area contributed by atoms with E-state index in [4.69, 9.17) is 5.73 Å².